The highest BCUT2D eigenvalue weighted by Gasteiger charge is 2.20. The van der Waals surface area contributed by atoms with E-state index in [1.165, 1.54) is 10.6 Å². The Balaban J connectivity index is 1.47. The Morgan fingerprint density at radius 1 is 0.780 bits per heavy atom. The van der Waals surface area contributed by atoms with Crippen LogP contribution < -0.4 is 9.62 Å². The summed E-state index contributed by atoms with van der Waals surface area (Å²) in [7, 11) is -3.54. The second-order valence-electron chi connectivity index (χ2n) is 11.4. The van der Waals surface area contributed by atoms with Crippen molar-refractivity contribution < 1.29 is 18.0 Å². The minimum Gasteiger partial charge on any atom is -0.322 e. The van der Waals surface area contributed by atoms with Gasteiger partial charge in [0.15, 0.2) is 5.78 Å². The number of anilines is 2. The van der Waals surface area contributed by atoms with Crippen LogP contribution in [0.4, 0.5) is 11.4 Å². The zero-order valence-corrected chi connectivity index (χ0v) is 25.2. The number of rotatable bonds is 8. The quantitative estimate of drug-likeness (QED) is 0.231. The van der Waals surface area contributed by atoms with Crippen molar-refractivity contribution in [3.63, 3.8) is 0 Å². The van der Waals surface area contributed by atoms with Gasteiger partial charge >= 0.3 is 0 Å². The van der Waals surface area contributed by atoms with Gasteiger partial charge in [-0.05, 0) is 71.8 Å². The van der Waals surface area contributed by atoms with Gasteiger partial charge in [-0.2, -0.15) is 0 Å². The summed E-state index contributed by atoms with van der Waals surface area (Å²) in [6.45, 7) is 10.3. The summed E-state index contributed by atoms with van der Waals surface area (Å²) >= 11 is 0. The fraction of sp³-hybridized carbons (Fsp3) is 0.235. The van der Waals surface area contributed by atoms with Gasteiger partial charge in [-0.3, -0.25) is 13.9 Å². The molecule has 212 valence electrons. The van der Waals surface area contributed by atoms with E-state index in [0.29, 0.717) is 28.1 Å². The van der Waals surface area contributed by atoms with Crippen molar-refractivity contribution in [2.75, 3.05) is 15.9 Å². The van der Waals surface area contributed by atoms with E-state index in [4.69, 9.17) is 0 Å². The Morgan fingerprint density at radius 2 is 1.41 bits per heavy atom. The van der Waals surface area contributed by atoms with E-state index in [1.807, 2.05) is 56.3 Å². The Kier molecular flexibility index (Phi) is 8.50. The predicted octanol–water partition coefficient (Wildman–Crippen LogP) is 7.05. The number of ketones is 1. The van der Waals surface area contributed by atoms with E-state index in [2.05, 4.69) is 26.1 Å². The normalized spacial score (nSPS) is 11.7. The molecule has 0 unspecified atom stereocenters. The smallest absolute Gasteiger partial charge is 0.255 e. The molecule has 0 aromatic heterocycles. The molecule has 1 amide bonds. The summed E-state index contributed by atoms with van der Waals surface area (Å²) in [4.78, 5) is 26.1. The van der Waals surface area contributed by atoms with E-state index >= 15 is 0 Å². The number of nitrogens with one attached hydrogen (secondary N) is 1. The highest BCUT2D eigenvalue weighted by atomic mass is 32.2. The van der Waals surface area contributed by atoms with E-state index in [1.54, 1.807) is 48.5 Å². The van der Waals surface area contributed by atoms with Gasteiger partial charge in [0.2, 0.25) is 10.0 Å². The lowest BCUT2D eigenvalue weighted by molar-refractivity contribution is 0.102. The van der Waals surface area contributed by atoms with Gasteiger partial charge in [0.25, 0.3) is 5.91 Å². The van der Waals surface area contributed by atoms with Gasteiger partial charge in [0.05, 0.1) is 18.5 Å². The van der Waals surface area contributed by atoms with Crippen LogP contribution >= 0.6 is 0 Å². The zero-order chi connectivity index (χ0) is 29.9. The molecule has 4 rings (SSSR count). The van der Waals surface area contributed by atoms with Gasteiger partial charge in [0.1, 0.15) is 0 Å². The summed E-state index contributed by atoms with van der Waals surface area (Å²) in [5, 5.41) is 2.86. The number of aryl methyl sites for hydroxylation is 2. The molecular formula is C34H36N2O4S. The van der Waals surface area contributed by atoms with Crippen LogP contribution in [-0.4, -0.2) is 26.4 Å². The molecule has 0 bridgehead atoms. The van der Waals surface area contributed by atoms with E-state index < -0.39 is 10.0 Å². The van der Waals surface area contributed by atoms with Gasteiger partial charge in [-0.15, -0.1) is 0 Å². The molecular weight excluding hydrogens is 532 g/mol. The average Bonchev–Trinajstić information content (AvgIpc) is 2.92. The summed E-state index contributed by atoms with van der Waals surface area (Å²) in [6, 6.07) is 27.0. The van der Waals surface area contributed by atoms with Crippen LogP contribution in [0, 0.1) is 13.8 Å². The van der Waals surface area contributed by atoms with E-state index in [-0.39, 0.29) is 23.7 Å². The monoisotopic (exact) mass is 568 g/mol. The van der Waals surface area contributed by atoms with Crippen molar-refractivity contribution in [1.29, 1.82) is 0 Å². The van der Waals surface area contributed by atoms with Crippen LogP contribution in [0.5, 0.6) is 0 Å². The molecule has 1 N–H and O–H groups in total. The molecule has 6 nitrogen and oxygen atoms in total. The number of nitrogens with zero attached hydrogens (tertiary/aromatic N) is 1. The van der Waals surface area contributed by atoms with Crippen LogP contribution in [0.15, 0.2) is 91.0 Å². The largest absolute Gasteiger partial charge is 0.322 e. The minimum atomic E-state index is -3.54. The van der Waals surface area contributed by atoms with Crippen molar-refractivity contribution >= 4 is 33.1 Å². The maximum atomic E-state index is 13.1. The topological polar surface area (TPSA) is 83.6 Å². The van der Waals surface area contributed by atoms with Gasteiger partial charge in [-0.25, -0.2) is 8.42 Å². The van der Waals surface area contributed by atoms with E-state index in [0.717, 1.165) is 22.3 Å². The van der Waals surface area contributed by atoms with Gasteiger partial charge in [0, 0.05) is 22.4 Å². The molecule has 0 aliphatic heterocycles. The number of carbonyl (C=O) groups excluding carboxylic acids is 2. The fourth-order valence-corrected chi connectivity index (χ4v) is 5.46. The van der Waals surface area contributed by atoms with Crippen LogP contribution in [-0.2, 0) is 22.0 Å². The first-order chi connectivity index (χ1) is 19.2. The van der Waals surface area contributed by atoms with Crippen molar-refractivity contribution in [1.82, 2.24) is 0 Å². The maximum absolute atomic E-state index is 13.1. The Morgan fingerprint density at radius 3 is 2.02 bits per heavy atom. The lowest BCUT2D eigenvalue weighted by Crippen LogP contribution is -2.30. The first kappa shape index (κ1) is 29.7. The molecule has 4 aromatic rings. The summed E-state index contributed by atoms with van der Waals surface area (Å²) in [5.41, 5.74) is 6.35. The second-order valence-corrected chi connectivity index (χ2v) is 13.4. The third-order valence-electron chi connectivity index (χ3n) is 6.97. The molecule has 0 radical (unpaired) electrons. The number of benzene rings is 4. The molecule has 41 heavy (non-hydrogen) atoms. The molecule has 0 saturated carbocycles. The molecule has 0 atom stereocenters. The SMILES string of the molecule is Cc1ccc(C)c(N(Cc2ccc(C(=O)Nc3cccc(C(=O)c4ccc(C(C)(C)C)cc4)c3)cc2)S(C)(=O)=O)c1. The van der Waals surface area contributed by atoms with Crippen LogP contribution in [0.25, 0.3) is 0 Å². The number of sulfonamides is 1. The first-order valence-electron chi connectivity index (χ1n) is 13.4. The fourth-order valence-electron chi connectivity index (χ4n) is 4.53. The Hall–Kier alpha value is -4.23. The van der Waals surface area contributed by atoms with Crippen LogP contribution in [0.2, 0.25) is 0 Å². The zero-order valence-electron chi connectivity index (χ0n) is 24.4. The van der Waals surface area contributed by atoms with Crippen molar-refractivity contribution in [3.05, 3.63) is 130 Å². The lowest BCUT2D eigenvalue weighted by Gasteiger charge is -2.25. The third-order valence-corrected chi connectivity index (χ3v) is 8.10. The maximum Gasteiger partial charge on any atom is 0.255 e. The molecule has 0 aliphatic carbocycles. The molecule has 7 heteroatoms. The summed E-state index contributed by atoms with van der Waals surface area (Å²) in [5.74, 6) is -0.449. The van der Waals surface area contributed by atoms with Crippen LogP contribution in [0.1, 0.15) is 69.3 Å². The van der Waals surface area contributed by atoms with E-state index in [9.17, 15) is 18.0 Å². The summed E-state index contributed by atoms with van der Waals surface area (Å²) < 4.78 is 26.7. The molecule has 4 aromatic carbocycles. The second kappa shape index (κ2) is 11.7. The van der Waals surface area contributed by atoms with Crippen molar-refractivity contribution in [3.8, 4) is 0 Å². The van der Waals surface area contributed by atoms with Gasteiger partial charge < -0.3 is 5.32 Å². The number of hydrogen-bond acceptors (Lipinski definition) is 4. The lowest BCUT2D eigenvalue weighted by atomic mass is 9.86. The molecule has 0 aliphatic rings. The molecule has 0 fully saturated rings. The number of hydrogen-bond donors (Lipinski definition) is 1. The van der Waals surface area contributed by atoms with Crippen LogP contribution in [0.3, 0.4) is 0 Å². The standard InChI is InChI=1S/C34H36N2O4S/c1-23-10-11-24(2)31(20-23)36(41(6,39)40)22-25-12-14-27(15-13-25)33(38)35-30-9-7-8-28(21-30)32(37)26-16-18-29(19-17-26)34(3,4)5/h7-21H,22H2,1-6H3,(H,35,38). The summed E-state index contributed by atoms with van der Waals surface area (Å²) in [6.07, 6.45) is 1.19. The van der Waals surface area contributed by atoms with Crippen molar-refractivity contribution in [2.24, 2.45) is 0 Å². The minimum absolute atomic E-state index is 0.00285. The number of amides is 1. The Bertz CT molecular complexity index is 1680. The highest BCUT2D eigenvalue weighted by molar-refractivity contribution is 7.92. The Labute approximate surface area is 243 Å². The highest BCUT2D eigenvalue weighted by Crippen LogP contribution is 2.27. The first-order valence-corrected chi connectivity index (χ1v) is 15.3. The third kappa shape index (κ3) is 7.30. The van der Waals surface area contributed by atoms with Crippen molar-refractivity contribution in [2.45, 2.75) is 46.6 Å². The van der Waals surface area contributed by atoms with Gasteiger partial charge in [-0.1, -0.05) is 81.4 Å². The number of carbonyl (C=O) groups is 2. The average molecular weight is 569 g/mol. The molecule has 0 spiro atoms. The predicted molar refractivity (Wildman–Crippen MR) is 166 cm³/mol. The molecule has 0 heterocycles. The molecule has 0 saturated heterocycles.